The highest BCUT2D eigenvalue weighted by molar-refractivity contribution is 5.77. The van der Waals surface area contributed by atoms with E-state index < -0.39 is 0 Å². The number of ether oxygens (including phenoxy) is 1. The summed E-state index contributed by atoms with van der Waals surface area (Å²) in [5, 5.41) is 5.70. The second-order valence-corrected chi connectivity index (χ2v) is 2.60. The summed E-state index contributed by atoms with van der Waals surface area (Å²) in [6, 6.07) is 0. The van der Waals surface area contributed by atoms with Crippen LogP contribution in [0.4, 0.5) is 0 Å². The predicted molar refractivity (Wildman–Crippen MR) is 52.6 cm³/mol. The number of carbonyl (C=O) groups excluding carboxylic acids is 1. The number of hydrogen-bond acceptors (Lipinski definition) is 3. The lowest BCUT2D eigenvalue weighted by Gasteiger charge is -2.04. The second-order valence-electron chi connectivity index (χ2n) is 2.60. The number of methoxy groups -OCH3 is 1. The average Bonchev–Trinajstić information content (AvgIpc) is 2.13. The molecule has 0 fully saturated rings. The second kappa shape index (κ2) is 9.22. The Morgan fingerprint density at radius 1 is 1.54 bits per heavy atom. The first-order valence-corrected chi connectivity index (χ1v) is 4.38. The molecule has 0 aliphatic rings. The molecule has 0 aliphatic heterocycles. The maximum atomic E-state index is 11.0. The summed E-state index contributed by atoms with van der Waals surface area (Å²) < 4.78 is 4.79. The molecule has 13 heavy (non-hydrogen) atoms. The van der Waals surface area contributed by atoms with E-state index in [1.165, 1.54) is 0 Å². The van der Waals surface area contributed by atoms with Crippen molar-refractivity contribution in [1.82, 2.24) is 10.6 Å². The maximum absolute atomic E-state index is 11.0. The van der Waals surface area contributed by atoms with Gasteiger partial charge in [0, 0.05) is 13.7 Å². The van der Waals surface area contributed by atoms with Gasteiger partial charge in [-0.25, -0.2) is 0 Å². The van der Waals surface area contributed by atoms with Gasteiger partial charge in [0.15, 0.2) is 0 Å². The SMILES string of the molecule is C=CCCNCC(=O)NCCOC. The van der Waals surface area contributed by atoms with Gasteiger partial charge in [-0.2, -0.15) is 0 Å². The lowest BCUT2D eigenvalue weighted by Crippen LogP contribution is -2.35. The van der Waals surface area contributed by atoms with E-state index in [1.54, 1.807) is 7.11 Å². The van der Waals surface area contributed by atoms with Gasteiger partial charge in [0.2, 0.25) is 5.91 Å². The molecule has 4 nitrogen and oxygen atoms in total. The Balaban J connectivity index is 3.15. The van der Waals surface area contributed by atoms with Gasteiger partial charge in [0.25, 0.3) is 0 Å². The Bertz CT molecular complexity index is 149. The van der Waals surface area contributed by atoms with E-state index in [0.29, 0.717) is 19.7 Å². The lowest BCUT2D eigenvalue weighted by atomic mass is 10.4. The average molecular weight is 186 g/mol. The molecule has 0 atom stereocenters. The summed E-state index contributed by atoms with van der Waals surface area (Å²) in [7, 11) is 1.61. The Morgan fingerprint density at radius 3 is 2.92 bits per heavy atom. The molecule has 4 heteroatoms. The minimum atomic E-state index is 0.00103. The Labute approximate surface area is 79.3 Å². The van der Waals surface area contributed by atoms with Crippen LogP contribution in [-0.2, 0) is 9.53 Å². The molecular formula is C9H18N2O2. The minimum absolute atomic E-state index is 0.00103. The Morgan fingerprint density at radius 2 is 2.31 bits per heavy atom. The quantitative estimate of drug-likeness (QED) is 0.411. The molecule has 0 saturated carbocycles. The van der Waals surface area contributed by atoms with Gasteiger partial charge < -0.3 is 15.4 Å². The number of rotatable bonds is 8. The zero-order valence-electron chi connectivity index (χ0n) is 8.14. The summed E-state index contributed by atoms with van der Waals surface area (Å²) in [5.74, 6) is 0.00103. The number of hydrogen-bond donors (Lipinski definition) is 2. The third-order valence-corrected chi connectivity index (χ3v) is 1.44. The van der Waals surface area contributed by atoms with Crippen molar-refractivity contribution in [3.8, 4) is 0 Å². The van der Waals surface area contributed by atoms with Gasteiger partial charge >= 0.3 is 0 Å². The zero-order chi connectivity index (χ0) is 9.94. The molecule has 2 N–H and O–H groups in total. The van der Waals surface area contributed by atoms with E-state index in [2.05, 4.69) is 17.2 Å². The molecule has 0 radical (unpaired) electrons. The Hall–Kier alpha value is -0.870. The van der Waals surface area contributed by atoms with Gasteiger partial charge in [0.05, 0.1) is 13.2 Å². The van der Waals surface area contributed by atoms with Crippen molar-refractivity contribution >= 4 is 5.91 Å². The van der Waals surface area contributed by atoms with Crippen molar-refractivity contribution in [2.24, 2.45) is 0 Å². The molecule has 0 unspecified atom stereocenters. The number of nitrogens with one attached hydrogen (secondary N) is 2. The van der Waals surface area contributed by atoms with Gasteiger partial charge in [-0.05, 0) is 13.0 Å². The van der Waals surface area contributed by atoms with Crippen molar-refractivity contribution in [2.75, 3.05) is 33.4 Å². The van der Waals surface area contributed by atoms with Crippen LogP contribution in [0.3, 0.4) is 0 Å². The van der Waals surface area contributed by atoms with E-state index in [0.717, 1.165) is 13.0 Å². The summed E-state index contributed by atoms with van der Waals surface area (Å²) in [4.78, 5) is 11.0. The van der Waals surface area contributed by atoms with Crippen LogP contribution < -0.4 is 10.6 Å². The van der Waals surface area contributed by atoms with E-state index in [1.807, 2.05) is 6.08 Å². The fraction of sp³-hybridized carbons (Fsp3) is 0.667. The van der Waals surface area contributed by atoms with Crippen LogP contribution >= 0.6 is 0 Å². The van der Waals surface area contributed by atoms with Crippen molar-refractivity contribution in [3.63, 3.8) is 0 Å². The molecule has 0 aliphatic carbocycles. The molecule has 1 amide bonds. The molecular weight excluding hydrogens is 168 g/mol. The van der Waals surface area contributed by atoms with Crippen LogP contribution in [-0.4, -0.2) is 39.3 Å². The maximum Gasteiger partial charge on any atom is 0.234 e. The first kappa shape index (κ1) is 12.1. The predicted octanol–water partition coefficient (Wildman–Crippen LogP) is -0.0853. The van der Waals surface area contributed by atoms with Crippen molar-refractivity contribution in [1.29, 1.82) is 0 Å². The highest BCUT2D eigenvalue weighted by atomic mass is 16.5. The standard InChI is InChI=1S/C9H18N2O2/c1-3-4-5-10-8-9(12)11-6-7-13-2/h3,10H,1,4-8H2,2H3,(H,11,12). The molecule has 76 valence electrons. The van der Waals surface area contributed by atoms with Gasteiger partial charge in [-0.1, -0.05) is 6.08 Å². The summed E-state index contributed by atoms with van der Waals surface area (Å²) in [6.45, 7) is 5.85. The minimum Gasteiger partial charge on any atom is -0.383 e. The molecule has 0 rings (SSSR count). The highest BCUT2D eigenvalue weighted by Gasteiger charge is 1.97. The van der Waals surface area contributed by atoms with Gasteiger partial charge in [0.1, 0.15) is 0 Å². The monoisotopic (exact) mass is 186 g/mol. The number of carbonyl (C=O) groups is 1. The van der Waals surface area contributed by atoms with E-state index in [-0.39, 0.29) is 5.91 Å². The first-order valence-electron chi connectivity index (χ1n) is 4.38. The summed E-state index contributed by atoms with van der Waals surface area (Å²) in [6.07, 6.45) is 2.70. The van der Waals surface area contributed by atoms with Gasteiger partial charge in [-0.15, -0.1) is 6.58 Å². The summed E-state index contributed by atoms with van der Waals surface area (Å²) in [5.41, 5.74) is 0. The normalized spacial score (nSPS) is 9.62. The molecule has 0 saturated heterocycles. The molecule has 0 aromatic rings. The highest BCUT2D eigenvalue weighted by Crippen LogP contribution is 1.74. The van der Waals surface area contributed by atoms with Gasteiger partial charge in [-0.3, -0.25) is 4.79 Å². The first-order chi connectivity index (χ1) is 6.31. The third-order valence-electron chi connectivity index (χ3n) is 1.44. The van der Waals surface area contributed by atoms with E-state index in [4.69, 9.17) is 4.74 Å². The zero-order valence-corrected chi connectivity index (χ0v) is 8.14. The van der Waals surface area contributed by atoms with Crippen LogP contribution in [0.5, 0.6) is 0 Å². The molecule has 0 bridgehead atoms. The third kappa shape index (κ3) is 9.04. The molecule has 0 aromatic carbocycles. The largest absolute Gasteiger partial charge is 0.383 e. The van der Waals surface area contributed by atoms with Crippen molar-refractivity contribution < 1.29 is 9.53 Å². The fourth-order valence-corrected chi connectivity index (χ4v) is 0.761. The smallest absolute Gasteiger partial charge is 0.234 e. The topological polar surface area (TPSA) is 50.4 Å². The van der Waals surface area contributed by atoms with Crippen molar-refractivity contribution in [2.45, 2.75) is 6.42 Å². The van der Waals surface area contributed by atoms with Crippen LogP contribution in [0.25, 0.3) is 0 Å². The molecule has 0 aromatic heterocycles. The van der Waals surface area contributed by atoms with Crippen LogP contribution in [0.2, 0.25) is 0 Å². The van der Waals surface area contributed by atoms with E-state index >= 15 is 0 Å². The van der Waals surface area contributed by atoms with E-state index in [9.17, 15) is 4.79 Å². The fourth-order valence-electron chi connectivity index (χ4n) is 0.761. The lowest BCUT2D eigenvalue weighted by molar-refractivity contribution is -0.120. The number of amides is 1. The Kier molecular flexibility index (Phi) is 8.60. The van der Waals surface area contributed by atoms with Crippen LogP contribution in [0, 0.1) is 0 Å². The summed E-state index contributed by atoms with van der Waals surface area (Å²) >= 11 is 0. The van der Waals surface area contributed by atoms with Crippen LogP contribution in [0.1, 0.15) is 6.42 Å². The van der Waals surface area contributed by atoms with Crippen molar-refractivity contribution in [3.05, 3.63) is 12.7 Å². The van der Waals surface area contributed by atoms with Crippen LogP contribution in [0.15, 0.2) is 12.7 Å². The molecule has 0 heterocycles. The molecule has 0 spiro atoms.